The van der Waals surface area contributed by atoms with Crippen molar-refractivity contribution >= 4 is 10.9 Å². The molecule has 0 unspecified atom stereocenters. The number of para-hydroxylation sites is 2. The number of hydrogen-bond acceptors (Lipinski definition) is 0. The Bertz CT molecular complexity index is 759. The number of aromatic nitrogens is 1. The maximum Gasteiger partial charge on any atom is 0.218 e. The van der Waals surface area contributed by atoms with Gasteiger partial charge in [0.15, 0.2) is 6.20 Å². The van der Waals surface area contributed by atoms with Gasteiger partial charge in [-0.05, 0) is 37.3 Å². The van der Waals surface area contributed by atoms with Crippen LogP contribution in [-0.2, 0) is 12.8 Å². The summed E-state index contributed by atoms with van der Waals surface area (Å²) < 4.78 is 2.35. The number of fused-ring (bicyclic) bond motifs is 3. The molecule has 0 aliphatic heterocycles. The van der Waals surface area contributed by atoms with E-state index >= 15 is 0 Å². The van der Waals surface area contributed by atoms with Crippen molar-refractivity contribution in [3.8, 4) is 5.69 Å². The maximum absolute atomic E-state index is 2.35. The summed E-state index contributed by atoms with van der Waals surface area (Å²) in [6.07, 6.45) is 7.44. The minimum atomic E-state index is 1.22. The second kappa shape index (κ2) is 4.75. The normalized spacial score (nSPS) is 14.2. The Labute approximate surface area is 119 Å². The van der Waals surface area contributed by atoms with Crippen LogP contribution in [0.15, 0.2) is 60.8 Å². The molecule has 0 N–H and O–H groups in total. The minimum Gasteiger partial charge on any atom is -0.160 e. The summed E-state index contributed by atoms with van der Waals surface area (Å²) in [6.45, 7) is 0. The van der Waals surface area contributed by atoms with Crippen molar-refractivity contribution in [3.63, 3.8) is 0 Å². The Hall–Kier alpha value is -2.15. The Morgan fingerprint density at radius 3 is 2.40 bits per heavy atom. The molecular formula is C19H18N+. The number of benzene rings is 2. The topological polar surface area (TPSA) is 3.88 Å². The van der Waals surface area contributed by atoms with E-state index in [9.17, 15) is 0 Å². The van der Waals surface area contributed by atoms with Crippen molar-refractivity contribution in [3.05, 3.63) is 71.9 Å². The molecule has 0 atom stereocenters. The predicted molar refractivity (Wildman–Crippen MR) is 82.1 cm³/mol. The van der Waals surface area contributed by atoms with Gasteiger partial charge in [0.1, 0.15) is 0 Å². The van der Waals surface area contributed by atoms with E-state index in [4.69, 9.17) is 0 Å². The molecule has 4 rings (SSSR count). The lowest BCUT2D eigenvalue weighted by atomic mass is 9.90. The van der Waals surface area contributed by atoms with Gasteiger partial charge in [0.05, 0.1) is 5.39 Å². The molecule has 0 bridgehead atoms. The lowest BCUT2D eigenvalue weighted by Crippen LogP contribution is -2.33. The minimum absolute atomic E-state index is 1.22. The summed E-state index contributed by atoms with van der Waals surface area (Å²) in [6, 6.07) is 19.5. The fourth-order valence-corrected chi connectivity index (χ4v) is 3.35. The molecular weight excluding hydrogens is 242 g/mol. The Morgan fingerprint density at radius 2 is 1.50 bits per heavy atom. The van der Waals surface area contributed by atoms with Gasteiger partial charge in [0.2, 0.25) is 11.2 Å². The SMILES string of the molecule is c1ccc(-[n+]2cc3c(c4ccccc42)CCCC3)cc1. The standard InChI is InChI=1S/C19H18N/c1-2-9-16(10-3-1)20-14-15-8-4-5-11-17(15)18-12-6-7-13-19(18)20/h1-3,6-7,9-10,12-14H,4-5,8,11H2/q+1. The third-order valence-electron chi connectivity index (χ3n) is 4.32. The van der Waals surface area contributed by atoms with Crippen LogP contribution in [0.3, 0.4) is 0 Å². The second-order valence-corrected chi connectivity index (χ2v) is 5.56. The van der Waals surface area contributed by atoms with Crippen LogP contribution in [0.2, 0.25) is 0 Å². The third kappa shape index (κ3) is 1.82. The first-order valence-corrected chi connectivity index (χ1v) is 7.44. The first-order valence-electron chi connectivity index (χ1n) is 7.44. The highest BCUT2D eigenvalue weighted by atomic mass is 15.0. The lowest BCUT2D eigenvalue weighted by molar-refractivity contribution is -0.567. The largest absolute Gasteiger partial charge is 0.218 e. The van der Waals surface area contributed by atoms with E-state index in [0.29, 0.717) is 0 Å². The fourth-order valence-electron chi connectivity index (χ4n) is 3.35. The van der Waals surface area contributed by atoms with E-state index in [2.05, 4.69) is 65.4 Å². The van der Waals surface area contributed by atoms with Crippen molar-refractivity contribution in [2.24, 2.45) is 0 Å². The van der Waals surface area contributed by atoms with Crippen LogP contribution in [0.4, 0.5) is 0 Å². The van der Waals surface area contributed by atoms with Crippen LogP contribution >= 0.6 is 0 Å². The lowest BCUT2D eigenvalue weighted by Gasteiger charge is -2.16. The Balaban J connectivity index is 2.06. The van der Waals surface area contributed by atoms with Gasteiger partial charge in [-0.25, -0.2) is 0 Å². The molecule has 0 saturated heterocycles. The van der Waals surface area contributed by atoms with Crippen molar-refractivity contribution in [2.45, 2.75) is 25.7 Å². The van der Waals surface area contributed by atoms with Gasteiger partial charge >= 0.3 is 0 Å². The van der Waals surface area contributed by atoms with Crippen LogP contribution in [0.1, 0.15) is 24.0 Å². The van der Waals surface area contributed by atoms with Gasteiger partial charge < -0.3 is 0 Å². The summed E-state index contributed by atoms with van der Waals surface area (Å²) in [5.41, 5.74) is 5.66. The molecule has 0 saturated carbocycles. The number of rotatable bonds is 1. The van der Waals surface area contributed by atoms with Crippen LogP contribution < -0.4 is 4.57 Å². The molecule has 0 radical (unpaired) electrons. The van der Waals surface area contributed by atoms with E-state index in [1.807, 2.05) is 0 Å². The number of pyridine rings is 1. The van der Waals surface area contributed by atoms with Gasteiger partial charge in [0.25, 0.3) is 0 Å². The van der Waals surface area contributed by atoms with E-state index in [1.54, 1.807) is 5.56 Å². The molecule has 98 valence electrons. The van der Waals surface area contributed by atoms with E-state index in [1.165, 1.54) is 47.8 Å². The van der Waals surface area contributed by atoms with E-state index in [0.717, 1.165) is 0 Å². The number of hydrogen-bond donors (Lipinski definition) is 0. The van der Waals surface area contributed by atoms with Gasteiger partial charge in [-0.1, -0.05) is 30.3 Å². The quantitative estimate of drug-likeness (QED) is 0.582. The van der Waals surface area contributed by atoms with Gasteiger partial charge in [-0.15, -0.1) is 0 Å². The van der Waals surface area contributed by atoms with Crippen molar-refractivity contribution < 1.29 is 4.57 Å². The molecule has 1 aliphatic rings. The Morgan fingerprint density at radius 1 is 0.750 bits per heavy atom. The predicted octanol–water partition coefficient (Wildman–Crippen LogP) is 4.00. The van der Waals surface area contributed by atoms with Crippen LogP contribution in [0.5, 0.6) is 0 Å². The maximum atomic E-state index is 2.35. The summed E-state index contributed by atoms with van der Waals surface area (Å²) in [4.78, 5) is 0. The summed E-state index contributed by atoms with van der Waals surface area (Å²) in [7, 11) is 0. The van der Waals surface area contributed by atoms with Crippen molar-refractivity contribution in [2.75, 3.05) is 0 Å². The molecule has 1 aromatic heterocycles. The number of nitrogens with zero attached hydrogens (tertiary/aromatic N) is 1. The van der Waals surface area contributed by atoms with Crippen molar-refractivity contribution in [1.29, 1.82) is 0 Å². The zero-order valence-electron chi connectivity index (χ0n) is 11.5. The second-order valence-electron chi connectivity index (χ2n) is 5.56. The molecule has 0 spiro atoms. The smallest absolute Gasteiger partial charge is 0.160 e. The molecule has 1 aliphatic carbocycles. The molecule has 3 aromatic rings. The first kappa shape index (κ1) is 11.7. The summed E-state index contributed by atoms with van der Waals surface area (Å²) >= 11 is 0. The average molecular weight is 260 g/mol. The fraction of sp³-hybridized carbons (Fsp3) is 0.211. The van der Waals surface area contributed by atoms with Crippen LogP contribution in [0, 0.1) is 0 Å². The van der Waals surface area contributed by atoms with Gasteiger partial charge in [-0.2, -0.15) is 4.57 Å². The zero-order chi connectivity index (χ0) is 13.4. The first-order chi connectivity index (χ1) is 9.93. The molecule has 2 aromatic carbocycles. The Kier molecular flexibility index (Phi) is 2.77. The van der Waals surface area contributed by atoms with Gasteiger partial charge in [-0.3, -0.25) is 0 Å². The molecule has 0 fully saturated rings. The van der Waals surface area contributed by atoms with E-state index < -0.39 is 0 Å². The third-order valence-corrected chi connectivity index (χ3v) is 4.32. The highest BCUT2D eigenvalue weighted by molar-refractivity contribution is 5.81. The van der Waals surface area contributed by atoms with E-state index in [-0.39, 0.29) is 0 Å². The van der Waals surface area contributed by atoms with Crippen molar-refractivity contribution in [1.82, 2.24) is 0 Å². The van der Waals surface area contributed by atoms with Crippen LogP contribution in [0.25, 0.3) is 16.6 Å². The molecule has 1 nitrogen and oxygen atoms in total. The molecule has 1 heteroatoms. The summed E-state index contributed by atoms with van der Waals surface area (Å²) in [5, 5.41) is 1.42. The molecule has 0 amide bonds. The summed E-state index contributed by atoms with van der Waals surface area (Å²) in [5.74, 6) is 0. The highest BCUT2D eigenvalue weighted by Crippen LogP contribution is 2.27. The molecule has 20 heavy (non-hydrogen) atoms. The molecule has 1 heterocycles. The highest BCUT2D eigenvalue weighted by Gasteiger charge is 2.21. The number of aryl methyl sites for hydroxylation is 2. The average Bonchev–Trinajstić information content (AvgIpc) is 2.55. The van der Waals surface area contributed by atoms with Gasteiger partial charge in [0, 0.05) is 23.8 Å². The van der Waals surface area contributed by atoms with Crippen LogP contribution in [-0.4, -0.2) is 0 Å². The zero-order valence-corrected chi connectivity index (χ0v) is 11.5. The monoisotopic (exact) mass is 260 g/mol.